The molecule has 0 aliphatic carbocycles. The third-order valence-electron chi connectivity index (χ3n) is 8.92. The number of amides is 2. The van der Waals surface area contributed by atoms with Crippen LogP contribution in [-0.4, -0.2) is 40.1 Å². The average Bonchev–Trinajstić information content (AvgIpc) is 3.10. The van der Waals surface area contributed by atoms with Crippen molar-refractivity contribution in [1.82, 2.24) is 14.5 Å². The maximum absolute atomic E-state index is 14.6. The Morgan fingerprint density at radius 3 is 2.18 bits per heavy atom. The molecule has 0 fully saturated rings. The maximum Gasteiger partial charge on any atom is 0.323 e. The summed E-state index contributed by atoms with van der Waals surface area (Å²) in [5.41, 5.74) is 6.65. The first-order valence-corrected chi connectivity index (χ1v) is 17.3. The van der Waals surface area contributed by atoms with Crippen LogP contribution in [0.3, 0.4) is 0 Å². The molecule has 7 heteroatoms. The fourth-order valence-electron chi connectivity index (χ4n) is 6.20. The van der Waals surface area contributed by atoms with E-state index in [0.717, 1.165) is 52.0 Å². The summed E-state index contributed by atoms with van der Waals surface area (Å²) in [4.78, 5) is 35.6. The molecule has 49 heavy (non-hydrogen) atoms. The van der Waals surface area contributed by atoms with E-state index in [1.807, 2.05) is 84.9 Å². The van der Waals surface area contributed by atoms with Crippen molar-refractivity contribution in [3.8, 4) is 23.0 Å². The number of anilines is 2. The van der Waals surface area contributed by atoms with E-state index in [1.165, 1.54) is 0 Å². The van der Waals surface area contributed by atoms with Crippen LogP contribution < -0.4 is 16.2 Å². The third-order valence-corrected chi connectivity index (χ3v) is 8.92. The Labute approximate surface area is 290 Å². The number of urea groups is 1. The predicted octanol–water partition coefficient (Wildman–Crippen LogP) is 8.89. The molecule has 7 nitrogen and oxygen atoms in total. The van der Waals surface area contributed by atoms with Gasteiger partial charge in [0.15, 0.2) is 0 Å². The van der Waals surface area contributed by atoms with Crippen molar-refractivity contribution < 1.29 is 4.79 Å². The highest BCUT2D eigenvalue weighted by molar-refractivity contribution is 6.07. The molecule has 0 atom stereocenters. The van der Waals surface area contributed by atoms with Crippen molar-refractivity contribution in [3.05, 3.63) is 124 Å². The number of aromatic nitrogens is 2. The van der Waals surface area contributed by atoms with E-state index in [4.69, 9.17) is 4.98 Å². The van der Waals surface area contributed by atoms with E-state index in [1.54, 1.807) is 10.8 Å². The van der Waals surface area contributed by atoms with Crippen LogP contribution in [0.4, 0.5) is 16.2 Å². The number of carbonyl (C=O) groups is 1. The van der Waals surface area contributed by atoms with E-state index in [9.17, 15) is 9.59 Å². The molecule has 2 aromatic heterocycles. The van der Waals surface area contributed by atoms with Crippen LogP contribution in [0, 0.1) is 11.8 Å². The zero-order chi connectivity index (χ0) is 34.9. The molecule has 5 rings (SSSR count). The topological polar surface area (TPSA) is 79.3 Å². The summed E-state index contributed by atoms with van der Waals surface area (Å²) in [6.45, 7) is 15.6. The molecule has 0 spiro atoms. The molecule has 2 N–H and O–H groups in total. The van der Waals surface area contributed by atoms with Crippen LogP contribution in [0.5, 0.6) is 0 Å². The van der Waals surface area contributed by atoms with Gasteiger partial charge in [0.1, 0.15) is 11.3 Å². The van der Waals surface area contributed by atoms with Crippen molar-refractivity contribution in [2.24, 2.45) is 0 Å². The minimum absolute atomic E-state index is 0.192. The second-order valence-electron chi connectivity index (χ2n) is 12.9. The zero-order valence-corrected chi connectivity index (χ0v) is 29.5. The minimum atomic E-state index is -0.471. The van der Waals surface area contributed by atoms with Gasteiger partial charge in [-0.05, 0) is 77.9 Å². The summed E-state index contributed by atoms with van der Waals surface area (Å²) in [6, 6.07) is 27.4. The van der Waals surface area contributed by atoms with Crippen LogP contribution in [0.2, 0.25) is 0 Å². The molecule has 5 aromatic rings. The summed E-state index contributed by atoms with van der Waals surface area (Å²) in [7, 11) is 0. The minimum Gasteiger partial charge on any atom is -0.307 e. The number of aryl methyl sites for hydroxylation is 2. The van der Waals surface area contributed by atoms with Gasteiger partial charge in [-0.1, -0.05) is 114 Å². The number of hydrogen-bond acceptors (Lipinski definition) is 4. The Kier molecular flexibility index (Phi) is 11.7. The van der Waals surface area contributed by atoms with E-state index in [-0.39, 0.29) is 23.1 Å². The molecule has 0 aliphatic heterocycles. The number of para-hydroxylation sites is 1. The maximum atomic E-state index is 14.6. The molecule has 3 aromatic carbocycles. The normalized spacial score (nSPS) is 11.2. The lowest BCUT2D eigenvalue weighted by molar-refractivity contribution is 0.262. The second kappa shape index (κ2) is 16.3. The fourth-order valence-corrected chi connectivity index (χ4v) is 6.20. The zero-order valence-electron chi connectivity index (χ0n) is 29.5. The summed E-state index contributed by atoms with van der Waals surface area (Å²) < 4.78 is 1.68. The standard InChI is InChI=1S/C42H47N5O2/c1-7-46(8-2)26-15-19-32-18-12-20-33(28-32)37-36-23-14-25-43-40(36)47(27-24-31-16-10-9-11-17-31)41(48)39(37)45-42(49)44-38-34(29(3)4)21-13-22-35(38)30(5)6/h9-14,16-18,20-23,25,28-30H,7-8,24,26-27H2,1-6H3,(H2,44,45,49). The first-order valence-electron chi connectivity index (χ1n) is 17.3. The molecular weight excluding hydrogens is 606 g/mol. The van der Waals surface area contributed by atoms with E-state index in [2.05, 4.69) is 68.9 Å². The lowest BCUT2D eigenvalue weighted by Gasteiger charge is -2.22. The predicted molar refractivity (Wildman–Crippen MR) is 204 cm³/mol. The molecule has 2 amide bonds. The van der Waals surface area contributed by atoms with Gasteiger partial charge in [0, 0.05) is 34.9 Å². The summed E-state index contributed by atoms with van der Waals surface area (Å²) in [5.74, 6) is 6.98. The van der Waals surface area contributed by atoms with Gasteiger partial charge in [-0.25, -0.2) is 9.78 Å². The van der Waals surface area contributed by atoms with Gasteiger partial charge in [-0.2, -0.15) is 0 Å². The van der Waals surface area contributed by atoms with Crippen molar-refractivity contribution >= 4 is 28.4 Å². The third kappa shape index (κ3) is 8.28. The lowest BCUT2D eigenvalue weighted by Crippen LogP contribution is -2.30. The van der Waals surface area contributed by atoms with Gasteiger partial charge >= 0.3 is 6.03 Å². The van der Waals surface area contributed by atoms with E-state index >= 15 is 0 Å². The molecule has 0 unspecified atom stereocenters. The Balaban J connectivity index is 1.64. The molecular formula is C42H47N5O2. The Morgan fingerprint density at radius 2 is 1.51 bits per heavy atom. The van der Waals surface area contributed by atoms with Crippen LogP contribution in [0.1, 0.15) is 75.6 Å². The number of benzene rings is 3. The number of nitrogens with one attached hydrogen (secondary N) is 2. The van der Waals surface area contributed by atoms with E-state index < -0.39 is 6.03 Å². The number of nitrogens with zero attached hydrogens (tertiary/aromatic N) is 3. The van der Waals surface area contributed by atoms with Gasteiger partial charge in [-0.15, -0.1) is 0 Å². The molecule has 2 heterocycles. The molecule has 0 radical (unpaired) electrons. The first kappa shape index (κ1) is 35.1. The highest BCUT2D eigenvalue weighted by Gasteiger charge is 2.23. The first-order chi connectivity index (χ1) is 23.7. The van der Waals surface area contributed by atoms with Crippen molar-refractivity contribution in [2.45, 2.75) is 66.3 Å². The molecule has 0 aliphatic rings. The van der Waals surface area contributed by atoms with Gasteiger partial charge in [0.05, 0.1) is 6.54 Å². The quantitative estimate of drug-likeness (QED) is 0.140. The van der Waals surface area contributed by atoms with Crippen LogP contribution in [0.25, 0.3) is 22.2 Å². The van der Waals surface area contributed by atoms with Crippen molar-refractivity contribution in [2.75, 3.05) is 30.3 Å². The number of rotatable bonds is 11. The monoisotopic (exact) mass is 653 g/mol. The Morgan fingerprint density at radius 1 is 0.837 bits per heavy atom. The van der Waals surface area contributed by atoms with Gasteiger partial charge in [0.25, 0.3) is 5.56 Å². The number of fused-ring (bicyclic) bond motifs is 1. The smallest absolute Gasteiger partial charge is 0.307 e. The number of carbonyl (C=O) groups excluding carboxylic acids is 1. The summed E-state index contributed by atoms with van der Waals surface area (Å²) in [5, 5.41) is 6.94. The SMILES string of the molecule is CCN(CC)CC#Cc1cccc(-c2c(NC(=O)Nc3c(C(C)C)cccc3C(C)C)c(=O)n(CCc3ccccc3)c3ncccc23)c1. The van der Waals surface area contributed by atoms with Gasteiger partial charge in [-0.3, -0.25) is 14.3 Å². The van der Waals surface area contributed by atoms with Crippen molar-refractivity contribution in [3.63, 3.8) is 0 Å². The number of pyridine rings is 2. The Bertz CT molecular complexity index is 2010. The summed E-state index contributed by atoms with van der Waals surface area (Å²) in [6.07, 6.45) is 2.34. The molecule has 252 valence electrons. The summed E-state index contributed by atoms with van der Waals surface area (Å²) >= 11 is 0. The van der Waals surface area contributed by atoms with Crippen LogP contribution >= 0.6 is 0 Å². The molecule has 0 saturated carbocycles. The Hall–Kier alpha value is -5.19. The number of hydrogen-bond donors (Lipinski definition) is 2. The molecule has 0 saturated heterocycles. The van der Waals surface area contributed by atoms with Crippen LogP contribution in [-0.2, 0) is 13.0 Å². The highest BCUT2D eigenvalue weighted by Crippen LogP contribution is 2.35. The average molecular weight is 654 g/mol. The van der Waals surface area contributed by atoms with Gasteiger partial charge in [0.2, 0.25) is 0 Å². The fraction of sp³-hybridized carbons (Fsp3) is 0.310. The van der Waals surface area contributed by atoms with Crippen LogP contribution in [0.15, 0.2) is 95.9 Å². The molecule has 0 bridgehead atoms. The van der Waals surface area contributed by atoms with Crippen molar-refractivity contribution in [1.29, 1.82) is 0 Å². The lowest BCUT2D eigenvalue weighted by atomic mass is 9.93. The highest BCUT2D eigenvalue weighted by atomic mass is 16.2. The van der Waals surface area contributed by atoms with E-state index in [0.29, 0.717) is 30.7 Å². The van der Waals surface area contributed by atoms with Gasteiger partial charge < -0.3 is 10.6 Å². The second-order valence-corrected chi connectivity index (χ2v) is 12.9. The largest absolute Gasteiger partial charge is 0.323 e.